The Labute approximate surface area is 140 Å². The largest absolute Gasteiger partial charge is 0.508 e. The van der Waals surface area contributed by atoms with Gasteiger partial charge < -0.3 is 10.2 Å². The van der Waals surface area contributed by atoms with Crippen LogP contribution in [0.25, 0.3) is 10.8 Å². The Balaban J connectivity index is 2.03. The van der Waals surface area contributed by atoms with E-state index >= 15 is 0 Å². The summed E-state index contributed by atoms with van der Waals surface area (Å²) in [6.45, 7) is 0.265. The number of aromatic nitrogens is 1. The molecule has 23 heavy (non-hydrogen) atoms. The van der Waals surface area contributed by atoms with Gasteiger partial charge in [-0.05, 0) is 24.3 Å². The van der Waals surface area contributed by atoms with Crippen molar-refractivity contribution in [2.75, 3.05) is 0 Å². The van der Waals surface area contributed by atoms with Crippen LogP contribution < -0.4 is 5.56 Å². The third-order valence-electron chi connectivity index (χ3n) is 3.48. The van der Waals surface area contributed by atoms with Gasteiger partial charge in [-0.1, -0.05) is 34.1 Å². The van der Waals surface area contributed by atoms with E-state index in [1.54, 1.807) is 36.4 Å². The Hall–Kier alpha value is -2.60. The molecule has 5 nitrogen and oxygen atoms in total. The number of phenolic OH excluding ortho intramolecular Hbond substituents is 1. The van der Waals surface area contributed by atoms with Gasteiger partial charge in [-0.2, -0.15) is 0 Å². The Morgan fingerprint density at radius 2 is 1.91 bits per heavy atom. The summed E-state index contributed by atoms with van der Waals surface area (Å²) in [4.78, 5) is 18.6. The smallest absolute Gasteiger partial charge is 0.258 e. The number of hydrogen-bond acceptors (Lipinski definition) is 4. The molecule has 1 aromatic heterocycles. The molecule has 0 unspecified atom stereocenters. The van der Waals surface area contributed by atoms with Crippen molar-refractivity contribution in [2.24, 2.45) is 4.99 Å². The third kappa shape index (κ3) is 3.12. The first kappa shape index (κ1) is 15.3. The van der Waals surface area contributed by atoms with Crippen molar-refractivity contribution in [2.45, 2.75) is 6.54 Å². The van der Waals surface area contributed by atoms with Gasteiger partial charge in [0, 0.05) is 27.0 Å². The molecule has 3 N–H and O–H groups in total. The van der Waals surface area contributed by atoms with Crippen LogP contribution in [0.1, 0.15) is 11.1 Å². The zero-order chi connectivity index (χ0) is 16.4. The lowest BCUT2D eigenvalue weighted by atomic mass is 10.1. The molecule has 3 aromatic rings. The van der Waals surface area contributed by atoms with Gasteiger partial charge in [-0.25, -0.2) is 0 Å². The average molecular weight is 373 g/mol. The van der Waals surface area contributed by atoms with E-state index in [4.69, 9.17) is 0 Å². The maximum Gasteiger partial charge on any atom is 0.258 e. The number of nitrogens with one attached hydrogen (secondary N) is 1. The van der Waals surface area contributed by atoms with Gasteiger partial charge in [0.1, 0.15) is 5.75 Å². The molecule has 0 saturated heterocycles. The second-order valence-corrected chi connectivity index (χ2v) is 5.92. The average Bonchev–Trinajstić information content (AvgIpc) is 2.52. The number of H-pyrrole nitrogens is 1. The first-order chi connectivity index (χ1) is 11.1. The van der Waals surface area contributed by atoms with Gasteiger partial charge >= 0.3 is 0 Å². The normalized spacial score (nSPS) is 11.3. The molecule has 0 amide bonds. The van der Waals surface area contributed by atoms with E-state index in [-0.39, 0.29) is 23.7 Å². The first-order valence-electron chi connectivity index (χ1n) is 6.87. The number of para-hydroxylation sites is 1. The molecule has 2 aromatic carbocycles. The molecule has 0 fully saturated rings. The Morgan fingerprint density at radius 1 is 1.13 bits per heavy atom. The molecule has 0 aliphatic heterocycles. The highest BCUT2D eigenvalue weighted by Crippen LogP contribution is 2.24. The molecule has 0 bridgehead atoms. The fourth-order valence-electron chi connectivity index (χ4n) is 2.32. The summed E-state index contributed by atoms with van der Waals surface area (Å²) in [7, 11) is 0. The van der Waals surface area contributed by atoms with Crippen molar-refractivity contribution in [3.05, 3.63) is 68.4 Å². The summed E-state index contributed by atoms with van der Waals surface area (Å²) in [6.07, 6.45) is 1.49. The van der Waals surface area contributed by atoms with E-state index in [0.717, 1.165) is 4.47 Å². The number of aromatic amines is 1. The van der Waals surface area contributed by atoms with Gasteiger partial charge in [0.05, 0.1) is 12.1 Å². The molecular weight excluding hydrogens is 360 g/mol. The topological polar surface area (TPSA) is 85.7 Å². The third-order valence-corrected chi connectivity index (χ3v) is 3.97. The number of pyridine rings is 1. The van der Waals surface area contributed by atoms with Gasteiger partial charge in [0.2, 0.25) is 5.88 Å². The van der Waals surface area contributed by atoms with E-state index in [1.165, 1.54) is 6.21 Å². The molecule has 0 aliphatic rings. The molecular formula is C17H13BrN2O3. The minimum Gasteiger partial charge on any atom is -0.508 e. The molecule has 0 radical (unpaired) electrons. The number of rotatable bonds is 3. The molecule has 0 saturated carbocycles. The first-order valence-corrected chi connectivity index (χ1v) is 7.67. The highest BCUT2D eigenvalue weighted by Gasteiger charge is 2.09. The van der Waals surface area contributed by atoms with Crippen molar-refractivity contribution < 1.29 is 10.2 Å². The standard InChI is InChI=1S/C17H13BrN2O3/c18-11-5-6-12-13(7-11)14(17(23)20-16(12)22)9-19-8-10-3-1-2-4-15(10)21/h1-7,9,21H,8H2,(H2,20,22,23). The summed E-state index contributed by atoms with van der Waals surface area (Å²) < 4.78 is 0.797. The second-order valence-electron chi connectivity index (χ2n) is 5.00. The zero-order valence-electron chi connectivity index (χ0n) is 12.0. The molecule has 0 spiro atoms. The van der Waals surface area contributed by atoms with Crippen molar-refractivity contribution in [3.8, 4) is 11.6 Å². The quantitative estimate of drug-likeness (QED) is 0.616. The van der Waals surface area contributed by atoms with E-state index in [0.29, 0.717) is 21.9 Å². The van der Waals surface area contributed by atoms with Crippen LogP contribution in [0.5, 0.6) is 11.6 Å². The highest BCUT2D eigenvalue weighted by atomic mass is 79.9. The van der Waals surface area contributed by atoms with Crippen LogP contribution in [0.15, 0.2) is 56.7 Å². The van der Waals surface area contributed by atoms with Crippen LogP contribution in [0, 0.1) is 0 Å². The predicted octanol–water partition coefficient (Wildman–Crippen LogP) is 3.32. The zero-order valence-corrected chi connectivity index (χ0v) is 13.5. The number of fused-ring (bicyclic) bond motifs is 1. The molecule has 3 rings (SSSR count). The molecule has 0 aliphatic carbocycles. The SMILES string of the molecule is O=c1[nH]c(O)c(C=NCc2ccccc2O)c2cc(Br)ccc12. The summed E-state index contributed by atoms with van der Waals surface area (Å²) in [5.41, 5.74) is 0.748. The lowest BCUT2D eigenvalue weighted by Gasteiger charge is -2.05. The van der Waals surface area contributed by atoms with Gasteiger partial charge in [0.25, 0.3) is 5.56 Å². The van der Waals surface area contributed by atoms with Crippen molar-refractivity contribution in [1.29, 1.82) is 0 Å². The van der Waals surface area contributed by atoms with Gasteiger partial charge in [-0.3, -0.25) is 14.8 Å². The van der Waals surface area contributed by atoms with Crippen molar-refractivity contribution >= 4 is 32.9 Å². The van der Waals surface area contributed by atoms with Gasteiger partial charge in [-0.15, -0.1) is 0 Å². The summed E-state index contributed by atoms with van der Waals surface area (Å²) in [5, 5.41) is 20.8. The lowest BCUT2D eigenvalue weighted by Crippen LogP contribution is -2.08. The van der Waals surface area contributed by atoms with E-state index in [9.17, 15) is 15.0 Å². The van der Waals surface area contributed by atoms with Crippen molar-refractivity contribution in [3.63, 3.8) is 0 Å². The number of aliphatic imine (C=N–C) groups is 1. The fraction of sp³-hybridized carbons (Fsp3) is 0.0588. The number of benzene rings is 2. The number of hydrogen-bond donors (Lipinski definition) is 3. The summed E-state index contributed by atoms with van der Waals surface area (Å²) in [6, 6.07) is 12.1. The lowest BCUT2D eigenvalue weighted by molar-refractivity contribution is 0.452. The maximum atomic E-state index is 11.9. The fourth-order valence-corrected chi connectivity index (χ4v) is 2.68. The second kappa shape index (κ2) is 6.26. The monoisotopic (exact) mass is 372 g/mol. The minimum absolute atomic E-state index is 0.169. The van der Waals surface area contributed by atoms with Crippen LogP contribution in [0.4, 0.5) is 0 Å². The number of nitrogens with zero attached hydrogens (tertiary/aromatic N) is 1. The molecule has 116 valence electrons. The summed E-state index contributed by atoms with van der Waals surface area (Å²) in [5.74, 6) is -0.0652. The van der Waals surface area contributed by atoms with Crippen LogP contribution in [0.3, 0.4) is 0 Å². The van der Waals surface area contributed by atoms with E-state index in [2.05, 4.69) is 25.9 Å². The Kier molecular flexibility index (Phi) is 4.16. The number of phenols is 1. The minimum atomic E-state index is -0.358. The predicted molar refractivity (Wildman–Crippen MR) is 93.3 cm³/mol. The highest BCUT2D eigenvalue weighted by molar-refractivity contribution is 9.10. The molecule has 0 atom stereocenters. The van der Waals surface area contributed by atoms with E-state index < -0.39 is 0 Å². The van der Waals surface area contributed by atoms with Crippen LogP contribution in [-0.2, 0) is 6.54 Å². The van der Waals surface area contributed by atoms with Gasteiger partial charge in [0.15, 0.2) is 0 Å². The Morgan fingerprint density at radius 3 is 2.70 bits per heavy atom. The van der Waals surface area contributed by atoms with Crippen molar-refractivity contribution in [1.82, 2.24) is 4.98 Å². The van der Waals surface area contributed by atoms with Crippen LogP contribution in [0.2, 0.25) is 0 Å². The maximum absolute atomic E-state index is 11.9. The number of halogens is 1. The molecule has 6 heteroatoms. The number of aromatic hydroxyl groups is 2. The Bertz CT molecular complexity index is 964. The van der Waals surface area contributed by atoms with E-state index in [1.807, 2.05) is 6.07 Å². The molecule has 1 heterocycles. The summed E-state index contributed by atoms with van der Waals surface area (Å²) >= 11 is 3.36. The van der Waals surface area contributed by atoms with Crippen LogP contribution in [-0.4, -0.2) is 21.4 Å². The van der Waals surface area contributed by atoms with Crippen LogP contribution >= 0.6 is 15.9 Å².